The van der Waals surface area contributed by atoms with Gasteiger partial charge >= 0.3 is 24.5 Å². The van der Waals surface area contributed by atoms with Crippen LogP contribution in [-0.4, -0.2) is 41.8 Å². The third-order valence-electron chi connectivity index (χ3n) is 1.94. The second-order valence-corrected chi connectivity index (χ2v) is 3.41. The average Bonchev–Trinajstić information content (AvgIpc) is 2.19. The summed E-state index contributed by atoms with van der Waals surface area (Å²) in [6.07, 6.45) is -18.0. The summed E-state index contributed by atoms with van der Waals surface area (Å²) in [6.45, 7) is -0.677. The third-order valence-corrected chi connectivity index (χ3v) is 1.94. The maximum Gasteiger partial charge on any atom is 0.429 e. The number of rotatable bonds is 3. The minimum absolute atomic E-state index is 2.11. The smallest absolute Gasteiger partial charge is 0.429 e. The zero-order valence-electron chi connectivity index (χ0n) is 9.08. The first kappa shape index (κ1) is 18.5. The second-order valence-electron chi connectivity index (χ2n) is 3.41. The van der Waals surface area contributed by atoms with Crippen molar-refractivity contribution in [3.63, 3.8) is 0 Å². The van der Waals surface area contributed by atoms with Gasteiger partial charge in [0.25, 0.3) is 5.60 Å². The summed E-state index contributed by atoms with van der Waals surface area (Å²) in [5.74, 6) is -2.57. The predicted octanol–water partition coefficient (Wildman–Crippen LogP) is 2.50. The highest BCUT2D eigenvalue weighted by Gasteiger charge is 2.71. The standard InChI is InChI=1S/C8H5F9O3/c1-3(6(9,10)11)4(18)20-2-5(19,7(12,13)14)8(15,16)17/h19H,1-2H2. The van der Waals surface area contributed by atoms with Crippen molar-refractivity contribution in [3.05, 3.63) is 12.2 Å². The van der Waals surface area contributed by atoms with Gasteiger partial charge in [0.2, 0.25) is 0 Å². The number of carbonyl (C=O) groups is 1. The van der Waals surface area contributed by atoms with Gasteiger partial charge in [-0.2, -0.15) is 39.5 Å². The summed E-state index contributed by atoms with van der Waals surface area (Å²) in [4.78, 5) is 10.6. The Labute approximate surface area is 104 Å². The molecule has 0 atom stereocenters. The fourth-order valence-electron chi connectivity index (χ4n) is 0.697. The lowest BCUT2D eigenvalue weighted by Gasteiger charge is -2.31. The van der Waals surface area contributed by atoms with Gasteiger partial charge in [-0.05, 0) is 0 Å². The van der Waals surface area contributed by atoms with Crippen molar-refractivity contribution in [1.29, 1.82) is 0 Å². The van der Waals surface area contributed by atoms with Crippen LogP contribution in [0.2, 0.25) is 0 Å². The monoisotopic (exact) mass is 320 g/mol. The van der Waals surface area contributed by atoms with E-state index in [0.717, 1.165) is 0 Å². The summed E-state index contributed by atoms with van der Waals surface area (Å²) >= 11 is 0. The fraction of sp³-hybridized carbons (Fsp3) is 0.625. The first-order valence-corrected chi connectivity index (χ1v) is 4.33. The van der Waals surface area contributed by atoms with E-state index in [-0.39, 0.29) is 0 Å². The molecule has 0 saturated heterocycles. The van der Waals surface area contributed by atoms with Crippen LogP contribution in [0.1, 0.15) is 0 Å². The molecule has 0 heterocycles. The molecule has 0 saturated carbocycles. The topological polar surface area (TPSA) is 46.5 Å². The Balaban J connectivity index is 5.10. The first-order chi connectivity index (χ1) is 8.54. The van der Waals surface area contributed by atoms with Crippen LogP contribution in [0.15, 0.2) is 12.2 Å². The van der Waals surface area contributed by atoms with Crippen molar-refractivity contribution in [2.45, 2.75) is 24.1 Å². The van der Waals surface area contributed by atoms with E-state index in [0.29, 0.717) is 0 Å². The van der Waals surface area contributed by atoms with E-state index in [4.69, 9.17) is 5.11 Å². The van der Waals surface area contributed by atoms with Gasteiger partial charge in [-0.25, -0.2) is 4.79 Å². The molecule has 0 aromatic rings. The molecule has 0 fully saturated rings. The number of aliphatic hydroxyl groups is 1. The summed E-state index contributed by atoms with van der Waals surface area (Å²) in [7, 11) is 0. The predicted molar refractivity (Wildman–Crippen MR) is 43.2 cm³/mol. The Morgan fingerprint density at radius 2 is 1.30 bits per heavy atom. The van der Waals surface area contributed by atoms with Crippen LogP contribution in [0, 0.1) is 0 Å². The third kappa shape index (κ3) is 3.77. The van der Waals surface area contributed by atoms with Gasteiger partial charge in [0.1, 0.15) is 12.2 Å². The molecule has 0 aromatic heterocycles. The van der Waals surface area contributed by atoms with Crippen LogP contribution >= 0.6 is 0 Å². The quantitative estimate of drug-likeness (QED) is 0.494. The van der Waals surface area contributed by atoms with Gasteiger partial charge in [0, 0.05) is 0 Å². The highest BCUT2D eigenvalue weighted by Crippen LogP contribution is 2.43. The van der Waals surface area contributed by atoms with Gasteiger partial charge < -0.3 is 9.84 Å². The summed E-state index contributed by atoms with van der Waals surface area (Å²) in [5, 5.41) is 8.48. The zero-order valence-corrected chi connectivity index (χ0v) is 9.08. The van der Waals surface area contributed by atoms with Gasteiger partial charge in [0.15, 0.2) is 0 Å². The van der Waals surface area contributed by atoms with E-state index >= 15 is 0 Å². The maximum atomic E-state index is 12.1. The highest BCUT2D eigenvalue weighted by atomic mass is 19.4. The number of hydrogen-bond acceptors (Lipinski definition) is 3. The fourth-order valence-corrected chi connectivity index (χ4v) is 0.697. The molecule has 0 aliphatic rings. The Morgan fingerprint density at radius 3 is 1.55 bits per heavy atom. The SMILES string of the molecule is C=C(C(=O)OCC(O)(C(F)(F)F)C(F)(F)F)C(F)(F)F. The van der Waals surface area contributed by atoms with Crippen LogP contribution in [-0.2, 0) is 9.53 Å². The van der Waals surface area contributed by atoms with Crippen molar-refractivity contribution >= 4 is 5.97 Å². The molecule has 0 amide bonds. The zero-order chi connectivity index (χ0) is 16.6. The molecule has 0 aliphatic heterocycles. The van der Waals surface area contributed by atoms with E-state index in [2.05, 4.69) is 11.3 Å². The van der Waals surface area contributed by atoms with Crippen molar-refractivity contribution in [2.75, 3.05) is 6.61 Å². The molecule has 118 valence electrons. The first-order valence-electron chi connectivity index (χ1n) is 4.33. The molecule has 20 heavy (non-hydrogen) atoms. The number of hydrogen-bond donors (Lipinski definition) is 1. The van der Waals surface area contributed by atoms with Crippen molar-refractivity contribution in [1.82, 2.24) is 0 Å². The number of halogens is 9. The number of esters is 1. The second kappa shape index (κ2) is 5.14. The molecule has 0 rings (SSSR count). The molecule has 1 N–H and O–H groups in total. The van der Waals surface area contributed by atoms with E-state index in [1.807, 2.05) is 0 Å². The largest absolute Gasteiger partial charge is 0.458 e. The van der Waals surface area contributed by atoms with E-state index in [1.54, 1.807) is 0 Å². The van der Waals surface area contributed by atoms with Gasteiger partial charge in [-0.3, -0.25) is 0 Å². The summed E-state index contributed by atoms with van der Waals surface area (Å²) in [6, 6.07) is 0. The number of ether oxygens (including phenoxy) is 1. The number of alkyl halides is 9. The summed E-state index contributed by atoms with van der Waals surface area (Å²) in [5.41, 5.74) is -7.80. The van der Waals surface area contributed by atoms with Crippen molar-refractivity contribution in [2.24, 2.45) is 0 Å². The molecule has 0 bridgehead atoms. The Hall–Kier alpha value is -1.46. The Bertz CT molecular complexity index is 375. The van der Waals surface area contributed by atoms with Crippen LogP contribution in [0.3, 0.4) is 0 Å². The van der Waals surface area contributed by atoms with Crippen LogP contribution in [0.25, 0.3) is 0 Å². The van der Waals surface area contributed by atoms with Crippen molar-refractivity contribution < 1.29 is 54.2 Å². The maximum absolute atomic E-state index is 12.1. The van der Waals surface area contributed by atoms with Crippen LogP contribution in [0.4, 0.5) is 39.5 Å². The Kier molecular flexibility index (Phi) is 4.77. The lowest BCUT2D eigenvalue weighted by atomic mass is 10.0. The minimum Gasteiger partial charge on any atom is -0.458 e. The molecule has 0 aromatic carbocycles. The normalized spacial score (nSPS) is 14.1. The molecule has 3 nitrogen and oxygen atoms in total. The van der Waals surface area contributed by atoms with Crippen molar-refractivity contribution in [3.8, 4) is 0 Å². The Morgan fingerprint density at radius 1 is 0.950 bits per heavy atom. The molecular formula is C8H5F9O3. The van der Waals surface area contributed by atoms with Gasteiger partial charge in [0.05, 0.1) is 0 Å². The van der Waals surface area contributed by atoms with Crippen LogP contribution < -0.4 is 0 Å². The molecule has 0 radical (unpaired) electrons. The molecule has 0 aliphatic carbocycles. The molecule has 12 heteroatoms. The number of carbonyl (C=O) groups excluding carboxylic acids is 1. The van der Waals surface area contributed by atoms with Crippen LogP contribution in [0.5, 0.6) is 0 Å². The molecule has 0 spiro atoms. The lowest BCUT2D eigenvalue weighted by molar-refractivity contribution is -0.375. The minimum atomic E-state index is -6.31. The van der Waals surface area contributed by atoms with E-state index in [1.165, 1.54) is 0 Å². The van der Waals surface area contributed by atoms with E-state index < -0.39 is 42.3 Å². The van der Waals surface area contributed by atoms with E-state index in [9.17, 15) is 44.3 Å². The summed E-state index contributed by atoms with van der Waals surface area (Å²) < 4.78 is 111. The molecule has 0 unspecified atom stereocenters. The highest BCUT2D eigenvalue weighted by molar-refractivity contribution is 5.89. The molecular weight excluding hydrogens is 315 g/mol. The average molecular weight is 320 g/mol. The lowest BCUT2D eigenvalue weighted by Crippen LogP contribution is -2.60. The van der Waals surface area contributed by atoms with Gasteiger partial charge in [-0.1, -0.05) is 6.58 Å². The van der Waals surface area contributed by atoms with Gasteiger partial charge in [-0.15, -0.1) is 0 Å².